The minimum atomic E-state index is 0.0230. The van der Waals surface area contributed by atoms with Crippen molar-refractivity contribution in [3.05, 3.63) is 35.4 Å². The number of esters is 1. The van der Waals surface area contributed by atoms with E-state index in [0.717, 1.165) is 25.8 Å². The van der Waals surface area contributed by atoms with Gasteiger partial charge in [-0.15, -0.1) is 0 Å². The fraction of sp³-hybridized carbons (Fsp3) is 0.562. The highest BCUT2D eigenvalue weighted by atomic mass is 16.6. The van der Waals surface area contributed by atoms with Crippen LogP contribution in [0.15, 0.2) is 24.3 Å². The first kappa shape index (κ1) is 11.5. The van der Waals surface area contributed by atoms with Gasteiger partial charge in [-0.3, -0.25) is 9.69 Å². The van der Waals surface area contributed by atoms with Crippen LogP contribution in [-0.2, 0) is 16.0 Å². The van der Waals surface area contributed by atoms with E-state index in [1.54, 1.807) is 0 Å². The lowest BCUT2D eigenvalue weighted by molar-refractivity contribution is -0.144. The van der Waals surface area contributed by atoms with E-state index in [9.17, 15) is 4.79 Å². The first-order valence-electron chi connectivity index (χ1n) is 7.30. The molecule has 0 saturated carbocycles. The molecule has 0 spiro atoms. The average Bonchev–Trinajstić information content (AvgIpc) is 2.74. The van der Waals surface area contributed by atoms with Crippen LogP contribution in [0.5, 0.6) is 0 Å². The number of hydrogen-bond donors (Lipinski definition) is 0. The summed E-state index contributed by atoms with van der Waals surface area (Å²) in [6, 6.07) is 9.55. The third-order valence-electron chi connectivity index (χ3n) is 5.09. The zero-order valence-corrected chi connectivity index (χ0v) is 11.2. The average molecular weight is 257 g/mol. The summed E-state index contributed by atoms with van der Waals surface area (Å²) in [5.41, 5.74) is 2.96. The van der Waals surface area contributed by atoms with Crippen molar-refractivity contribution in [1.29, 1.82) is 0 Å². The van der Waals surface area contributed by atoms with Gasteiger partial charge in [-0.25, -0.2) is 0 Å². The van der Waals surface area contributed by atoms with E-state index in [4.69, 9.17) is 4.74 Å². The molecule has 3 heterocycles. The summed E-state index contributed by atoms with van der Waals surface area (Å²) >= 11 is 0. The molecule has 3 aliphatic rings. The van der Waals surface area contributed by atoms with Gasteiger partial charge in [-0.1, -0.05) is 24.3 Å². The Labute approximate surface area is 113 Å². The van der Waals surface area contributed by atoms with Crippen molar-refractivity contribution < 1.29 is 9.53 Å². The summed E-state index contributed by atoms with van der Waals surface area (Å²) in [6.07, 6.45) is 3.20. The third kappa shape index (κ3) is 1.57. The molecule has 0 amide bonds. The van der Waals surface area contributed by atoms with E-state index >= 15 is 0 Å². The number of fused-ring (bicyclic) bond motifs is 5. The smallest absolute Gasteiger partial charge is 0.310 e. The van der Waals surface area contributed by atoms with E-state index in [1.165, 1.54) is 11.1 Å². The standard InChI is InChI=1S/C16H19NO2/c1-10-15-13(16(18)19-10)6-7-14-12-5-3-2-4-11(12)8-9-17(14)15/h2-5,10,13-15H,6-9H2,1H3/t10-,13+,14+,15+/m1/s1. The highest BCUT2D eigenvalue weighted by molar-refractivity contribution is 5.76. The van der Waals surface area contributed by atoms with E-state index in [2.05, 4.69) is 29.2 Å². The number of cyclic esters (lactones) is 1. The van der Waals surface area contributed by atoms with Gasteiger partial charge in [0.15, 0.2) is 0 Å². The van der Waals surface area contributed by atoms with Gasteiger partial charge in [0.1, 0.15) is 6.10 Å². The molecule has 4 atom stereocenters. The molecule has 0 aliphatic carbocycles. The molecular weight excluding hydrogens is 238 g/mol. The van der Waals surface area contributed by atoms with Crippen molar-refractivity contribution in [2.24, 2.45) is 5.92 Å². The number of hydrogen-bond acceptors (Lipinski definition) is 3. The van der Waals surface area contributed by atoms with Gasteiger partial charge in [0, 0.05) is 12.6 Å². The number of nitrogens with zero attached hydrogens (tertiary/aromatic N) is 1. The van der Waals surface area contributed by atoms with Gasteiger partial charge < -0.3 is 4.74 Å². The van der Waals surface area contributed by atoms with E-state index in [1.807, 2.05) is 6.92 Å². The maximum atomic E-state index is 11.9. The van der Waals surface area contributed by atoms with Gasteiger partial charge in [0.05, 0.1) is 12.0 Å². The molecular formula is C16H19NO2. The van der Waals surface area contributed by atoms with Gasteiger partial charge in [-0.2, -0.15) is 0 Å². The molecule has 1 aromatic carbocycles. The fourth-order valence-corrected chi connectivity index (χ4v) is 4.28. The topological polar surface area (TPSA) is 29.5 Å². The van der Waals surface area contributed by atoms with Crippen LogP contribution in [0, 0.1) is 5.92 Å². The molecule has 3 aliphatic heterocycles. The van der Waals surface area contributed by atoms with Crippen molar-refractivity contribution in [2.75, 3.05) is 6.54 Å². The summed E-state index contributed by atoms with van der Waals surface area (Å²) in [6.45, 7) is 3.11. The zero-order chi connectivity index (χ0) is 13.0. The Kier molecular flexibility index (Phi) is 2.46. The van der Waals surface area contributed by atoms with Crippen LogP contribution in [0.4, 0.5) is 0 Å². The molecule has 4 rings (SSSR count). The molecule has 0 radical (unpaired) electrons. The summed E-state index contributed by atoms with van der Waals surface area (Å²) in [5, 5.41) is 0. The van der Waals surface area contributed by atoms with Crippen LogP contribution in [0.1, 0.15) is 36.9 Å². The number of rotatable bonds is 0. The molecule has 100 valence electrons. The quantitative estimate of drug-likeness (QED) is 0.668. The lowest BCUT2D eigenvalue weighted by Crippen LogP contribution is -2.52. The van der Waals surface area contributed by atoms with E-state index in [-0.39, 0.29) is 18.0 Å². The van der Waals surface area contributed by atoms with Crippen LogP contribution in [0.3, 0.4) is 0 Å². The van der Waals surface area contributed by atoms with Crippen molar-refractivity contribution in [3.63, 3.8) is 0 Å². The minimum absolute atomic E-state index is 0.0230. The highest BCUT2D eigenvalue weighted by Gasteiger charge is 2.51. The highest BCUT2D eigenvalue weighted by Crippen LogP contribution is 2.45. The number of piperidine rings is 1. The third-order valence-corrected chi connectivity index (χ3v) is 5.09. The van der Waals surface area contributed by atoms with Gasteiger partial charge in [0.2, 0.25) is 0 Å². The van der Waals surface area contributed by atoms with Crippen LogP contribution >= 0.6 is 0 Å². The SMILES string of the molecule is C[C@H]1OC(=O)[C@H]2CC[C@H]3c4ccccc4CCN3[C@H]21. The van der Waals surface area contributed by atoms with Crippen LogP contribution < -0.4 is 0 Å². The van der Waals surface area contributed by atoms with Gasteiger partial charge >= 0.3 is 5.97 Å². The number of carbonyl (C=O) groups excluding carboxylic acids is 1. The zero-order valence-electron chi connectivity index (χ0n) is 11.2. The van der Waals surface area contributed by atoms with Crippen LogP contribution in [-0.4, -0.2) is 29.6 Å². The Morgan fingerprint density at radius 2 is 2.11 bits per heavy atom. The molecule has 0 aromatic heterocycles. The number of ether oxygens (including phenoxy) is 1. The maximum Gasteiger partial charge on any atom is 0.310 e. The van der Waals surface area contributed by atoms with Crippen molar-refractivity contribution in [1.82, 2.24) is 4.90 Å². The second kappa shape index (κ2) is 4.07. The van der Waals surface area contributed by atoms with Crippen molar-refractivity contribution in [3.8, 4) is 0 Å². The Morgan fingerprint density at radius 3 is 3.00 bits per heavy atom. The predicted octanol–water partition coefficient (Wildman–Crippen LogP) is 2.31. The maximum absolute atomic E-state index is 11.9. The molecule has 3 nitrogen and oxygen atoms in total. The normalized spacial score (nSPS) is 37.2. The monoisotopic (exact) mass is 257 g/mol. The minimum Gasteiger partial charge on any atom is -0.461 e. The molecule has 3 heteroatoms. The lowest BCUT2D eigenvalue weighted by Gasteiger charge is -2.46. The summed E-state index contributed by atoms with van der Waals surface area (Å²) < 4.78 is 5.46. The Bertz CT molecular complexity index is 527. The Hall–Kier alpha value is -1.35. The van der Waals surface area contributed by atoms with Crippen LogP contribution in [0.2, 0.25) is 0 Å². The predicted molar refractivity (Wildman–Crippen MR) is 71.7 cm³/mol. The first-order chi connectivity index (χ1) is 9.25. The van der Waals surface area contributed by atoms with E-state index in [0.29, 0.717) is 12.1 Å². The van der Waals surface area contributed by atoms with Gasteiger partial charge in [-0.05, 0) is 37.3 Å². The second-order valence-corrected chi connectivity index (χ2v) is 6.02. The number of benzene rings is 1. The summed E-state index contributed by atoms with van der Waals surface area (Å²) in [5.74, 6) is 0.131. The molecule has 0 N–H and O–H groups in total. The Balaban J connectivity index is 1.72. The largest absolute Gasteiger partial charge is 0.461 e. The molecule has 19 heavy (non-hydrogen) atoms. The molecule has 2 saturated heterocycles. The Morgan fingerprint density at radius 1 is 1.26 bits per heavy atom. The van der Waals surface area contributed by atoms with Gasteiger partial charge in [0.25, 0.3) is 0 Å². The van der Waals surface area contributed by atoms with Crippen molar-refractivity contribution in [2.45, 2.75) is 44.4 Å². The second-order valence-electron chi connectivity index (χ2n) is 6.02. The summed E-state index contributed by atoms with van der Waals surface area (Å²) in [7, 11) is 0. The fourth-order valence-electron chi connectivity index (χ4n) is 4.28. The van der Waals surface area contributed by atoms with Crippen LogP contribution in [0.25, 0.3) is 0 Å². The molecule has 0 unspecified atom stereocenters. The van der Waals surface area contributed by atoms with Crippen molar-refractivity contribution >= 4 is 5.97 Å². The first-order valence-corrected chi connectivity index (χ1v) is 7.30. The molecule has 1 aromatic rings. The molecule has 0 bridgehead atoms. The van der Waals surface area contributed by atoms with E-state index < -0.39 is 0 Å². The number of carbonyl (C=O) groups is 1. The molecule has 2 fully saturated rings. The summed E-state index contributed by atoms with van der Waals surface area (Å²) in [4.78, 5) is 14.4. The lowest BCUT2D eigenvalue weighted by atomic mass is 9.79.